The molecular formula is C22H27N3O2. The fraction of sp³-hybridized carbons (Fsp3) is 0.409. The quantitative estimate of drug-likeness (QED) is 0.825. The summed E-state index contributed by atoms with van der Waals surface area (Å²) in [6.45, 7) is 8.23. The minimum Gasteiger partial charge on any atom is -0.339 e. The Hall–Kier alpha value is -2.69. The van der Waals surface area contributed by atoms with Crippen LogP contribution in [0, 0.1) is 12.8 Å². The average Bonchev–Trinajstić information content (AvgIpc) is 2.69. The molecule has 5 heteroatoms. The van der Waals surface area contributed by atoms with E-state index in [9.17, 15) is 9.59 Å². The molecule has 0 spiro atoms. The summed E-state index contributed by atoms with van der Waals surface area (Å²) < 4.78 is 0. The topological polar surface area (TPSA) is 53.5 Å². The molecule has 3 rings (SSSR count). The van der Waals surface area contributed by atoms with Crippen molar-refractivity contribution < 1.29 is 9.59 Å². The van der Waals surface area contributed by atoms with Gasteiger partial charge >= 0.3 is 0 Å². The molecule has 1 aromatic heterocycles. The molecule has 0 radical (unpaired) electrons. The van der Waals surface area contributed by atoms with E-state index in [-0.39, 0.29) is 11.8 Å². The van der Waals surface area contributed by atoms with Crippen molar-refractivity contribution in [3.05, 3.63) is 59.4 Å². The van der Waals surface area contributed by atoms with Gasteiger partial charge in [0.15, 0.2) is 0 Å². The molecule has 0 saturated carbocycles. The molecule has 2 amide bonds. The van der Waals surface area contributed by atoms with Crippen LogP contribution in [0.25, 0.3) is 0 Å². The molecule has 0 atom stereocenters. The van der Waals surface area contributed by atoms with Crippen LogP contribution in [0.2, 0.25) is 0 Å². The minimum atomic E-state index is -0.190. The SMILES string of the molecule is CCN(C(=O)c1cc(C(=O)N2CCC(C)CC2)ccn1)c1cccc(C)c1. The summed E-state index contributed by atoms with van der Waals surface area (Å²) in [5.74, 6) is 0.457. The van der Waals surface area contributed by atoms with Gasteiger partial charge in [0.25, 0.3) is 11.8 Å². The van der Waals surface area contributed by atoms with Gasteiger partial charge < -0.3 is 9.80 Å². The van der Waals surface area contributed by atoms with Gasteiger partial charge in [-0.1, -0.05) is 19.1 Å². The highest BCUT2D eigenvalue weighted by Crippen LogP contribution is 2.20. The van der Waals surface area contributed by atoms with Crippen molar-refractivity contribution in [3.63, 3.8) is 0 Å². The van der Waals surface area contributed by atoms with E-state index in [1.54, 1.807) is 23.2 Å². The van der Waals surface area contributed by atoms with Gasteiger partial charge in [0.2, 0.25) is 0 Å². The smallest absolute Gasteiger partial charge is 0.276 e. The Morgan fingerprint density at radius 3 is 2.59 bits per heavy atom. The summed E-state index contributed by atoms with van der Waals surface area (Å²) >= 11 is 0. The van der Waals surface area contributed by atoms with Crippen LogP contribution in [0.15, 0.2) is 42.6 Å². The van der Waals surface area contributed by atoms with E-state index in [4.69, 9.17) is 0 Å². The summed E-state index contributed by atoms with van der Waals surface area (Å²) in [5.41, 5.74) is 2.76. The molecule has 2 heterocycles. The number of benzene rings is 1. The number of carbonyl (C=O) groups is 2. The molecule has 2 aromatic rings. The summed E-state index contributed by atoms with van der Waals surface area (Å²) in [6.07, 6.45) is 3.61. The van der Waals surface area contributed by atoms with Crippen LogP contribution in [-0.2, 0) is 0 Å². The van der Waals surface area contributed by atoms with Crippen LogP contribution < -0.4 is 4.90 Å². The monoisotopic (exact) mass is 365 g/mol. The van der Waals surface area contributed by atoms with E-state index in [2.05, 4.69) is 11.9 Å². The van der Waals surface area contributed by atoms with Crippen LogP contribution in [-0.4, -0.2) is 41.3 Å². The Morgan fingerprint density at radius 2 is 1.93 bits per heavy atom. The summed E-state index contributed by atoms with van der Waals surface area (Å²) in [5, 5.41) is 0. The van der Waals surface area contributed by atoms with Crippen LogP contribution >= 0.6 is 0 Å². The first-order valence-electron chi connectivity index (χ1n) is 9.63. The van der Waals surface area contributed by atoms with Crippen molar-refractivity contribution in [2.24, 2.45) is 5.92 Å². The van der Waals surface area contributed by atoms with E-state index in [1.165, 1.54) is 0 Å². The van der Waals surface area contributed by atoms with Gasteiger partial charge in [-0.05, 0) is 62.4 Å². The number of hydrogen-bond acceptors (Lipinski definition) is 3. The fourth-order valence-electron chi connectivity index (χ4n) is 3.45. The Labute approximate surface area is 161 Å². The van der Waals surface area contributed by atoms with Crippen molar-refractivity contribution in [2.75, 3.05) is 24.5 Å². The third-order valence-electron chi connectivity index (χ3n) is 5.17. The van der Waals surface area contributed by atoms with E-state index < -0.39 is 0 Å². The molecule has 1 aliphatic heterocycles. The second-order valence-electron chi connectivity index (χ2n) is 7.29. The fourth-order valence-corrected chi connectivity index (χ4v) is 3.45. The van der Waals surface area contributed by atoms with Gasteiger partial charge in [0, 0.05) is 37.1 Å². The van der Waals surface area contributed by atoms with Crippen LogP contribution in [0.1, 0.15) is 53.1 Å². The van der Waals surface area contributed by atoms with Gasteiger partial charge in [0.05, 0.1) is 0 Å². The lowest BCUT2D eigenvalue weighted by Crippen LogP contribution is -2.38. The van der Waals surface area contributed by atoms with Crippen molar-refractivity contribution >= 4 is 17.5 Å². The van der Waals surface area contributed by atoms with Crippen molar-refractivity contribution in [1.82, 2.24) is 9.88 Å². The van der Waals surface area contributed by atoms with E-state index in [0.717, 1.165) is 37.2 Å². The maximum absolute atomic E-state index is 13.0. The second-order valence-corrected chi connectivity index (χ2v) is 7.29. The van der Waals surface area contributed by atoms with Gasteiger partial charge in [-0.25, -0.2) is 0 Å². The van der Waals surface area contributed by atoms with Crippen LogP contribution in [0.3, 0.4) is 0 Å². The number of aryl methyl sites for hydroxylation is 1. The average molecular weight is 365 g/mol. The number of amides is 2. The van der Waals surface area contributed by atoms with Crippen LogP contribution in [0.4, 0.5) is 5.69 Å². The highest BCUT2D eigenvalue weighted by Gasteiger charge is 2.23. The van der Waals surface area contributed by atoms with Gasteiger partial charge in [-0.15, -0.1) is 0 Å². The zero-order valence-corrected chi connectivity index (χ0v) is 16.3. The number of nitrogens with zero attached hydrogens (tertiary/aromatic N) is 3. The number of hydrogen-bond donors (Lipinski definition) is 0. The Morgan fingerprint density at radius 1 is 1.19 bits per heavy atom. The highest BCUT2D eigenvalue weighted by atomic mass is 16.2. The number of likely N-dealkylation sites (tertiary alicyclic amines) is 1. The molecule has 27 heavy (non-hydrogen) atoms. The third-order valence-corrected chi connectivity index (χ3v) is 5.17. The molecule has 1 saturated heterocycles. The Balaban J connectivity index is 1.81. The molecule has 0 bridgehead atoms. The first kappa shape index (κ1) is 19.1. The zero-order valence-electron chi connectivity index (χ0n) is 16.3. The number of aromatic nitrogens is 1. The molecule has 142 valence electrons. The minimum absolute atomic E-state index is 0.0167. The lowest BCUT2D eigenvalue weighted by atomic mass is 9.98. The highest BCUT2D eigenvalue weighted by molar-refractivity contribution is 6.06. The Bertz CT molecular complexity index is 826. The van der Waals surface area contributed by atoms with E-state index in [1.807, 2.05) is 43.0 Å². The molecule has 1 aliphatic rings. The predicted molar refractivity (Wildman–Crippen MR) is 107 cm³/mol. The predicted octanol–water partition coefficient (Wildman–Crippen LogP) is 3.93. The lowest BCUT2D eigenvalue weighted by molar-refractivity contribution is 0.0697. The van der Waals surface area contributed by atoms with Crippen molar-refractivity contribution in [1.29, 1.82) is 0 Å². The van der Waals surface area contributed by atoms with E-state index in [0.29, 0.717) is 23.7 Å². The largest absolute Gasteiger partial charge is 0.339 e. The van der Waals surface area contributed by atoms with Gasteiger partial charge in [0.1, 0.15) is 5.69 Å². The number of carbonyl (C=O) groups excluding carboxylic acids is 2. The molecule has 1 aromatic carbocycles. The molecule has 0 unspecified atom stereocenters. The summed E-state index contributed by atoms with van der Waals surface area (Å²) in [6, 6.07) is 11.1. The first-order chi connectivity index (χ1) is 13.0. The zero-order chi connectivity index (χ0) is 19.4. The molecule has 1 fully saturated rings. The van der Waals surface area contributed by atoms with E-state index >= 15 is 0 Å². The lowest BCUT2D eigenvalue weighted by Gasteiger charge is -2.30. The van der Waals surface area contributed by atoms with Crippen LogP contribution in [0.5, 0.6) is 0 Å². The van der Waals surface area contributed by atoms with Gasteiger partial charge in [-0.3, -0.25) is 14.6 Å². The second kappa shape index (κ2) is 8.33. The maximum Gasteiger partial charge on any atom is 0.276 e. The Kier molecular flexibility index (Phi) is 5.89. The normalized spacial score (nSPS) is 14.9. The van der Waals surface area contributed by atoms with Gasteiger partial charge in [-0.2, -0.15) is 0 Å². The number of piperidine rings is 1. The van der Waals surface area contributed by atoms with Crippen molar-refractivity contribution in [2.45, 2.75) is 33.6 Å². The molecule has 5 nitrogen and oxygen atoms in total. The van der Waals surface area contributed by atoms with Crippen molar-refractivity contribution in [3.8, 4) is 0 Å². The molecular weight excluding hydrogens is 338 g/mol. The number of rotatable bonds is 4. The maximum atomic E-state index is 13.0. The third kappa shape index (κ3) is 4.35. The first-order valence-corrected chi connectivity index (χ1v) is 9.63. The number of pyridine rings is 1. The summed E-state index contributed by atoms with van der Waals surface area (Å²) in [7, 11) is 0. The molecule has 0 N–H and O–H groups in total. The standard InChI is InChI=1S/C22H27N3O2/c1-4-25(19-7-5-6-17(3)14-19)22(27)20-15-18(8-11-23-20)21(26)24-12-9-16(2)10-13-24/h5-8,11,14-16H,4,9-10,12-13H2,1-3H3. The summed E-state index contributed by atoms with van der Waals surface area (Å²) in [4.78, 5) is 33.6. The molecule has 0 aliphatic carbocycles. The number of anilines is 1.